The van der Waals surface area contributed by atoms with Gasteiger partial charge in [-0.1, -0.05) is 44.2 Å². The smallest absolute Gasteiger partial charge is 0.351 e. The zero-order valence-corrected chi connectivity index (χ0v) is 18.4. The molecule has 2 aromatic rings. The Bertz CT molecular complexity index is 1030. The standard InChI is InChI=1S/C24H26F3N3O3/c1-16(2)19-5-3-4-6-20(19)28-22(31)32-30-13-11-23(12-14-30)15-21(29-33-23)17-7-9-18(10-8-17)24(25,26)27/h3-10,15-16,29H,11-14H2,1-2H3,(H,28,31). The summed E-state index contributed by atoms with van der Waals surface area (Å²) in [5, 5.41) is 4.39. The summed E-state index contributed by atoms with van der Waals surface area (Å²) < 4.78 is 38.4. The molecule has 0 bridgehead atoms. The quantitative estimate of drug-likeness (QED) is 0.611. The van der Waals surface area contributed by atoms with Crippen LogP contribution in [0.5, 0.6) is 0 Å². The van der Waals surface area contributed by atoms with Crippen LogP contribution in [-0.4, -0.2) is 29.8 Å². The predicted molar refractivity (Wildman–Crippen MR) is 118 cm³/mol. The van der Waals surface area contributed by atoms with Crippen molar-refractivity contribution in [2.75, 3.05) is 18.4 Å². The van der Waals surface area contributed by atoms with Gasteiger partial charge in [0.2, 0.25) is 0 Å². The lowest BCUT2D eigenvalue weighted by atomic mass is 9.91. The third-order valence-corrected chi connectivity index (χ3v) is 5.90. The molecule has 1 amide bonds. The van der Waals surface area contributed by atoms with Gasteiger partial charge in [-0.15, -0.1) is 5.06 Å². The van der Waals surface area contributed by atoms with E-state index in [9.17, 15) is 18.0 Å². The number of hydrogen-bond donors (Lipinski definition) is 2. The summed E-state index contributed by atoms with van der Waals surface area (Å²) in [5.41, 5.74) is 4.53. The van der Waals surface area contributed by atoms with Crippen LogP contribution in [0.2, 0.25) is 0 Å². The van der Waals surface area contributed by atoms with Crippen molar-refractivity contribution >= 4 is 17.5 Å². The first-order valence-corrected chi connectivity index (χ1v) is 10.8. The first-order chi connectivity index (χ1) is 15.7. The van der Waals surface area contributed by atoms with Gasteiger partial charge in [0.25, 0.3) is 0 Å². The fourth-order valence-electron chi connectivity index (χ4n) is 4.03. The largest absolute Gasteiger partial charge is 0.430 e. The second kappa shape index (κ2) is 9.07. The van der Waals surface area contributed by atoms with Crippen LogP contribution >= 0.6 is 0 Å². The van der Waals surface area contributed by atoms with E-state index in [0.29, 0.717) is 37.2 Å². The third kappa shape index (κ3) is 5.31. The van der Waals surface area contributed by atoms with Gasteiger partial charge in [-0.2, -0.15) is 13.2 Å². The van der Waals surface area contributed by atoms with E-state index in [2.05, 4.69) is 24.6 Å². The molecule has 1 fully saturated rings. The molecule has 0 atom stereocenters. The number of rotatable bonds is 4. The molecule has 4 rings (SSSR count). The second-order valence-corrected chi connectivity index (χ2v) is 8.58. The summed E-state index contributed by atoms with van der Waals surface area (Å²) >= 11 is 0. The van der Waals surface area contributed by atoms with Crippen molar-refractivity contribution in [3.8, 4) is 0 Å². The van der Waals surface area contributed by atoms with Crippen molar-refractivity contribution in [2.45, 2.75) is 44.4 Å². The molecule has 0 aromatic heterocycles. The number of nitrogens with one attached hydrogen (secondary N) is 2. The van der Waals surface area contributed by atoms with Crippen molar-refractivity contribution < 1.29 is 27.6 Å². The number of hydroxylamine groups is 3. The van der Waals surface area contributed by atoms with Gasteiger partial charge in [-0.05, 0) is 54.2 Å². The van der Waals surface area contributed by atoms with Crippen molar-refractivity contribution in [3.63, 3.8) is 0 Å². The van der Waals surface area contributed by atoms with Crippen LogP contribution in [0.4, 0.5) is 23.7 Å². The zero-order valence-electron chi connectivity index (χ0n) is 18.4. The number of halogens is 3. The molecular weight excluding hydrogens is 435 g/mol. The Morgan fingerprint density at radius 3 is 2.42 bits per heavy atom. The number of amides is 1. The van der Waals surface area contributed by atoms with Crippen LogP contribution in [0.1, 0.15) is 49.3 Å². The summed E-state index contributed by atoms with van der Waals surface area (Å²) in [6.07, 6.45) is -1.92. The molecule has 0 unspecified atom stereocenters. The summed E-state index contributed by atoms with van der Waals surface area (Å²) in [5.74, 6) is 0.258. The monoisotopic (exact) mass is 461 g/mol. The van der Waals surface area contributed by atoms with E-state index in [4.69, 9.17) is 9.68 Å². The van der Waals surface area contributed by atoms with E-state index in [-0.39, 0.29) is 5.92 Å². The average molecular weight is 461 g/mol. The Kier molecular flexibility index (Phi) is 6.36. The highest BCUT2D eigenvalue weighted by Gasteiger charge is 2.40. The van der Waals surface area contributed by atoms with E-state index in [1.807, 2.05) is 30.3 Å². The minimum atomic E-state index is -4.37. The summed E-state index contributed by atoms with van der Waals surface area (Å²) in [6.45, 7) is 5.02. The Labute approximate surface area is 190 Å². The van der Waals surface area contributed by atoms with Gasteiger partial charge in [0, 0.05) is 18.8 Å². The molecule has 1 spiro atoms. The fraction of sp³-hybridized carbons (Fsp3) is 0.375. The minimum absolute atomic E-state index is 0.258. The second-order valence-electron chi connectivity index (χ2n) is 8.58. The Morgan fingerprint density at radius 1 is 1.12 bits per heavy atom. The number of carbonyl (C=O) groups excluding carboxylic acids is 1. The molecule has 2 aliphatic heterocycles. The molecular formula is C24H26F3N3O3. The number of para-hydroxylation sites is 1. The number of alkyl halides is 3. The lowest BCUT2D eigenvalue weighted by molar-refractivity contribution is -0.153. The number of piperidine rings is 1. The third-order valence-electron chi connectivity index (χ3n) is 5.90. The molecule has 33 heavy (non-hydrogen) atoms. The maximum atomic E-state index is 12.8. The SMILES string of the molecule is CC(C)c1ccccc1NC(=O)ON1CCC2(C=C(c3ccc(C(F)(F)F)cc3)NO2)CC1. The van der Waals surface area contributed by atoms with Gasteiger partial charge in [0.05, 0.1) is 11.3 Å². The Hall–Kier alpha value is -3.04. The molecule has 176 valence electrons. The lowest BCUT2D eigenvalue weighted by Gasteiger charge is -2.35. The molecule has 1 saturated heterocycles. The maximum Gasteiger partial charge on any atom is 0.430 e. The molecule has 0 saturated carbocycles. The van der Waals surface area contributed by atoms with Crippen LogP contribution in [0.15, 0.2) is 54.6 Å². The number of hydrogen-bond acceptors (Lipinski definition) is 5. The lowest BCUT2D eigenvalue weighted by Crippen LogP contribution is -2.45. The summed E-state index contributed by atoms with van der Waals surface area (Å²) in [6, 6.07) is 12.5. The Balaban J connectivity index is 1.33. The number of anilines is 1. The average Bonchev–Trinajstić information content (AvgIpc) is 3.19. The molecule has 2 N–H and O–H groups in total. The summed E-state index contributed by atoms with van der Waals surface area (Å²) in [7, 11) is 0. The highest BCUT2D eigenvalue weighted by atomic mass is 19.4. The number of nitrogens with zero attached hydrogens (tertiary/aromatic N) is 1. The minimum Gasteiger partial charge on any atom is -0.351 e. The first kappa shape index (κ1) is 23.1. The van der Waals surface area contributed by atoms with Crippen LogP contribution in [0.25, 0.3) is 5.70 Å². The van der Waals surface area contributed by atoms with Gasteiger partial charge in [0.15, 0.2) is 0 Å². The molecule has 0 radical (unpaired) electrons. The van der Waals surface area contributed by atoms with Crippen molar-refractivity contribution in [2.24, 2.45) is 0 Å². The van der Waals surface area contributed by atoms with E-state index >= 15 is 0 Å². The predicted octanol–water partition coefficient (Wildman–Crippen LogP) is 5.70. The van der Waals surface area contributed by atoms with Gasteiger partial charge in [-0.3, -0.25) is 15.6 Å². The van der Waals surface area contributed by atoms with E-state index in [1.54, 1.807) is 5.06 Å². The molecule has 2 aliphatic rings. The van der Waals surface area contributed by atoms with Crippen LogP contribution in [0.3, 0.4) is 0 Å². The highest BCUT2D eigenvalue weighted by Crippen LogP contribution is 2.36. The van der Waals surface area contributed by atoms with Crippen LogP contribution in [0, 0.1) is 0 Å². The topological polar surface area (TPSA) is 62.8 Å². The first-order valence-electron chi connectivity index (χ1n) is 10.8. The van der Waals surface area contributed by atoms with Gasteiger partial charge >= 0.3 is 12.3 Å². The van der Waals surface area contributed by atoms with Crippen molar-refractivity contribution in [3.05, 3.63) is 71.3 Å². The van der Waals surface area contributed by atoms with Crippen molar-refractivity contribution in [1.82, 2.24) is 10.5 Å². The van der Waals surface area contributed by atoms with E-state index in [1.165, 1.54) is 12.1 Å². The zero-order chi connectivity index (χ0) is 23.6. The highest BCUT2D eigenvalue weighted by molar-refractivity contribution is 5.85. The fourth-order valence-corrected chi connectivity index (χ4v) is 4.03. The molecule has 9 heteroatoms. The van der Waals surface area contributed by atoms with Crippen LogP contribution in [-0.2, 0) is 15.9 Å². The van der Waals surface area contributed by atoms with Gasteiger partial charge in [0.1, 0.15) is 5.60 Å². The van der Waals surface area contributed by atoms with Gasteiger partial charge in [-0.25, -0.2) is 4.79 Å². The van der Waals surface area contributed by atoms with E-state index < -0.39 is 23.4 Å². The number of carbonyl (C=O) groups is 1. The van der Waals surface area contributed by atoms with Crippen molar-refractivity contribution in [1.29, 1.82) is 0 Å². The molecule has 0 aliphatic carbocycles. The normalized spacial score (nSPS) is 18.2. The van der Waals surface area contributed by atoms with Crippen LogP contribution < -0.4 is 10.8 Å². The molecule has 2 heterocycles. The number of benzene rings is 2. The van der Waals surface area contributed by atoms with Gasteiger partial charge < -0.3 is 4.84 Å². The van der Waals surface area contributed by atoms with E-state index in [0.717, 1.165) is 23.4 Å². The molecule has 6 nitrogen and oxygen atoms in total. The maximum absolute atomic E-state index is 12.8. The molecule has 2 aromatic carbocycles. The summed E-state index contributed by atoms with van der Waals surface area (Å²) in [4.78, 5) is 23.7. The Morgan fingerprint density at radius 2 is 1.79 bits per heavy atom.